The molecule has 1 atom stereocenters. The van der Waals surface area contributed by atoms with E-state index >= 15 is 0 Å². The third-order valence-electron chi connectivity index (χ3n) is 4.60. The summed E-state index contributed by atoms with van der Waals surface area (Å²) in [4.78, 5) is 12.1. The summed E-state index contributed by atoms with van der Waals surface area (Å²) in [6.45, 7) is 15.9. The highest BCUT2D eigenvalue weighted by molar-refractivity contribution is 5.77. The van der Waals surface area contributed by atoms with Crippen LogP contribution in [0.15, 0.2) is 12.1 Å². The predicted molar refractivity (Wildman–Crippen MR) is 98.2 cm³/mol. The van der Waals surface area contributed by atoms with Gasteiger partial charge in [0.15, 0.2) is 0 Å². The number of carbonyl (C=O) groups excluding carboxylic acids is 1. The molecule has 0 radical (unpaired) electrons. The van der Waals surface area contributed by atoms with Gasteiger partial charge in [-0.2, -0.15) is 0 Å². The van der Waals surface area contributed by atoms with Crippen LogP contribution in [0.1, 0.15) is 78.1 Å². The van der Waals surface area contributed by atoms with Crippen molar-refractivity contribution < 1.29 is 14.6 Å². The summed E-state index contributed by atoms with van der Waals surface area (Å²) in [5.74, 6) is -0.0421. The van der Waals surface area contributed by atoms with Crippen molar-refractivity contribution in [1.29, 1.82) is 0 Å². The van der Waals surface area contributed by atoms with E-state index in [9.17, 15) is 9.90 Å². The molecule has 0 fully saturated rings. The molecule has 0 aliphatic carbocycles. The van der Waals surface area contributed by atoms with Crippen LogP contribution < -0.4 is 5.73 Å². The first kappa shape index (κ1) is 20.5. The largest absolute Gasteiger partial charge is 0.507 e. The molecule has 3 N–H and O–H groups in total. The second-order valence-electron chi connectivity index (χ2n) is 9.16. The van der Waals surface area contributed by atoms with Crippen LogP contribution in [0.2, 0.25) is 0 Å². The van der Waals surface area contributed by atoms with Gasteiger partial charge < -0.3 is 15.6 Å². The molecule has 0 aliphatic heterocycles. The summed E-state index contributed by atoms with van der Waals surface area (Å²) in [6.07, 6.45) is 0. The summed E-state index contributed by atoms with van der Waals surface area (Å²) in [6, 6.07) is 3.30. The molecule has 24 heavy (non-hydrogen) atoms. The van der Waals surface area contributed by atoms with Crippen LogP contribution in [-0.2, 0) is 20.4 Å². The molecular formula is C20H33NO3. The van der Waals surface area contributed by atoms with E-state index in [2.05, 4.69) is 41.5 Å². The molecule has 4 nitrogen and oxygen atoms in total. The molecule has 0 heterocycles. The van der Waals surface area contributed by atoms with Gasteiger partial charge in [-0.3, -0.25) is 4.79 Å². The Morgan fingerprint density at radius 2 is 1.38 bits per heavy atom. The third-order valence-corrected chi connectivity index (χ3v) is 4.60. The number of methoxy groups -OCH3 is 1. The smallest absolute Gasteiger partial charge is 0.313 e. The molecule has 1 aromatic carbocycles. The molecule has 136 valence electrons. The Kier molecular flexibility index (Phi) is 5.46. The van der Waals surface area contributed by atoms with Gasteiger partial charge in [0.25, 0.3) is 0 Å². The van der Waals surface area contributed by atoms with E-state index in [-0.39, 0.29) is 16.8 Å². The molecule has 4 heteroatoms. The van der Waals surface area contributed by atoms with Crippen LogP contribution in [0, 0.1) is 5.41 Å². The standard InChI is InChI=1S/C20H33NO3/c1-18(2,3)13-10-12(11-14(15(13)22)19(4,5)6)16(21)20(7,8)17(23)24-9/h10-11,16,22H,21H2,1-9H3/t16-/m1/s1. The van der Waals surface area contributed by atoms with E-state index in [1.54, 1.807) is 13.8 Å². The van der Waals surface area contributed by atoms with E-state index in [0.29, 0.717) is 5.75 Å². The zero-order valence-electron chi connectivity index (χ0n) is 16.6. The maximum absolute atomic E-state index is 12.1. The first-order valence-corrected chi connectivity index (χ1v) is 8.36. The molecule has 0 saturated heterocycles. The topological polar surface area (TPSA) is 72.5 Å². The Morgan fingerprint density at radius 3 is 1.67 bits per heavy atom. The number of nitrogens with two attached hydrogens (primary N) is 1. The fourth-order valence-corrected chi connectivity index (χ4v) is 2.79. The average Bonchev–Trinajstić information content (AvgIpc) is 2.43. The fraction of sp³-hybridized carbons (Fsp3) is 0.650. The number of hydrogen-bond donors (Lipinski definition) is 2. The lowest BCUT2D eigenvalue weighted by Gasteiger charge is -2.33. The molecule has 0 aromatic heterocycles. The predicted octanol–water partition coefficient (Wildman–Crippen LogP) is 4.19. The quantitative estimate of drug-likeness (QED) is 0.813. The van der Waals surface area contributed by atoms with Crippen molar-refractivity contribution in [2.75, 3.05) is 7.11 Å². The first-order valence-electron chi connectivity index (χ1n) is 8.36. The van der Waals surface area contributed by atoms with Gasteiger partial charge in [0.2, 0.25) is 0 Å². The second-order valence-corrected chi connectivity index (χ2v) is 9.16. The third kappa shape index (κ3) is 3.92. The van der Waals surface area contributed by atoms with Gasteiger partial charge in [-0.25, -0.2) is 0 Å². The van der Waals surface area contributed by atoms with Crippen molar-refractivity contribution in [3.63, 3.8) is 0 Å². The number of benzene rings is 1. The zero-order chi connectivity index (χ0) is 19.1. The van der Waals surface area contributed by atoms with Crippen LogP contribution in [0.5, 0.6) is 5.75 Å². The van der Waals surface area contributed by atoms with Crippen molar-refractivity contribution in [2.24, 2.45) is 11.1 Å². The molecule has 0 aliphatic rings. The summed E-state index contributed by atoms with van der Waals surface area (Å²) in [5, 5.41) is 10.8. The van der Waals surface area contributed by atoms with Crippen LogP contribution in [0.3, 0.4) is 0 Å². The van der Waals surface area contributed by atoms with Gasteiger partial charge in [-0.05, 0) is 53.5 Å². The number of phenolic OH excluding ortho intramolecular Hbond substituents is 1. The van der Waals surface area contributed by atoms with Gasteiger partial charge in [0, 0.05) is 6.04 Å². The van der Waals surface area contributed by atoms with Gasteiger partial charge in [0.05, 0.1) is 12.5 Å². The minimum Gasteiger partial charge on any atom is -0.507 e. The lowest BCUT2D eigenvalue weighted by atomic mass is 9.74. The Balaban J connectivity index is 3.64. The molecule has 1 aromatic rings. The number of phenols is 1. The molecule has 0 unspecified atom stereocenters. The number of ether oxygens (including phenoxy) is 1. The molecule has 1 rings (SSSR count). The van der Waals surface area contributed by atoms with E-state index < -0.39 is 11.5 Å². The molecular weight excluding hydrogens is 302 g/mol. The second kappa shape index (κ2) is 6.40. The van der Waals surface area contributed by atoms with Crippen molar-refractivity contribution in [2.45, 2.75) is 72.3 Å². The molecule has 0 bridgehead atoms. The SMILES string of the molecule is COC(=O)C(C)(C)[C@H](N)c1cc(C(C)(C)C)c(O)c(C(C)(C)C)c1. The van der Waals surface area contributed by atoms with E-state index in [4.69, 9.17) is 10.5 Å². The Hall–Kier alpha value is -1.55. The maximum atomic E-state index is 12.1. The Labute approximate surface area is 146 Å². The van der Waals surface area contributed by atoms with Gasteiger partial charge in [-0.15, -0.1) is 0 Å². The normalized spacial score (nSPS) is 14.4. The first-order chi connectivity index (χ1) is 10.6. The van der Waals surface area contributed by atoms with Crippen LogP contribution in [-0.4, -0.2) is 18.2 Å². The minimum absolute atomic E-state index is 0.241. The summed E-state index contributed by atoms with van der Waals surface area (Å²) < 4.78 is 4.91. The summed E-state index contributed by atoms with van der Waals surface area (Å²) in [7, 11) is 1.37. The number of carbonyl (C=O) groups is 1. The number of esters is 1. The van der Waals surface area contributed by atoms with Gasteiger partial charge in [-0.1, -0.05) is 41.5 Å². The summed E-state index contributed by atoms with van der Waals surface area (Å²) in [5.41, 5.74) is 7.59. The Bertz CT molecular complexity index is 584. The van der Waals surface area contributed by atoms with E-state index in [1.165, 1.54) is 7.11 Å². The highest BCUT2D eigenvalue weighted by Crippen LogP contribution is 2.43. The molecule has 0 amide bonds. The van der Waals surface area contributed by atoms with E-state index in [1.807, 2.05) is 12.1 Å². The highest BCUT2D eigenvalue weighted by atomic mass is 16.5. The van der Waals surface area contributed by atoms with Gasteiger partial charge in [0.1, 0.15) is 5.75 Å². The lowest BCUT2D eigenvalue weighted by Crippen LogP contribution is -2.37. The summed E-state index contributed by atoms with van der Waals surface area (Å²) >= 11 is 0. The van der Waals surface area contributed by atoms with E-state index in [0.717, 1.165) is 16.7 Å². The minimum atomic E-state index is -0.865. The molecule has 0 spiro atoms. The number of aromatic hydroxyl groups is 1. The maximum Gasteiger partial charge on any atom is 0.313 e. The van der Waals surface area contributed by atoms with Crippen LogP contribution in [0.4, 0.5) is 0 Å². The molecule has 0 saturated carbocycles. The van der Waals surface area contributed by atoms with Crippen molar-refractivity contribution in [3.8, 4) is 5.75 Å². The van der Waals surface area contributed by atoms with Crippen molar-refractivity contribution in [3.05, 3.63) is 28.8 Å². The van der Waals surface area contributed by atoms with Crippen molar-refractivity contribution in [1.82, 2.24) is 0 Å². The van der Waals surface area contributed by atoms with Crippen molar-refractivity contribution >= 4 is 5.97 Å². The van der Waals surface area contributed by atoms with Crippen LogP contribution >= 0.6 is 0 Å². The number of hydrogen-bond acceptors (Lipinski definition) is 4. The Morgan fingerprint density at radius 1 is 1.00 bits per heavy atom. The fourth-order valence-electron chi connectivity index (χ4n) is 2.79. The van der Waals surface area contributed by atoms with Crippen LogP contribution in [0.25, 0.3) is 0 Å². The average molecular weight is 335 g/mol. The highest BCUT2D eigenvalue weighted by Gasteiger charge is 2.38. The monoisotopic (exact) mass is 335 g/mol. The zero-order valence-corrected chi connectivity index (χ0v) is 16.6. The number of rotatable bonds is 3. The van der Waals surface area contributed by atoms with Gasteiger partial charge >= 0.3 is 5.97 Å². The lowest BCUT2D eigenvalue weighted by molar-refractivity contribution is -0.152.